The minimum absolute atomic E-state index is 0.140. The first-order chi connectivity index (χ1) is 13.2. The van der Waals surface area contributed by atoms with E-state index in [1.54, 1.807) is 0 Å². The molecule has 3 heterocycles. The van der Waals surface area contributed by atoms with E-state index in [1.165, 1.54) is 16.6 Å². The van der Waals surface area contributed by atoms with Gasteiger partial charge in [0.2, 0.25) is 5.91 Å². The Kier molecular flexibility index (Phi) is 4.08. The lowest BCUT2D eigenvalue weighted by Crippen LogP contribution is -2.36. The fourth-order valence-corrected chi connectivity index (χ4v) is 4.36. The van der Waals surface area contributed by atoms with Crippen LogP contribution in [0.5, 0.6) is 11.5 Å². The summed E-state index contributed by atoms with van der Waals surface area (Å²) in [6.07, 6.45) is 1.22. The molecule has 2 aliphatic rings. The number of nitrogens with zero attached hydrogens (tertiary/aromatic N) is 1. The van der Waals surface area contributed by atoms with Crippen LogP contribution in [0.3, 0.4) is 0 Å². The highest BCUT2D eigenvalue weighted by atomic mass is 79.9. The predicted octanol–water partition coefficient (Wildman–Crippen LogP) is 3.83. The molecule has 0 saturated carbocycles. The number of nitrogens with one attached hydrogen (secondary N) is 1. The number of rotatable bonds is 2. The fourth-order valence-electron chi connectivity index (χ4n) is 3.90. The molecule has 2 aromatic carbocycles. The number of aromatic nitrogens is 1. The predicted molar refractivity (Wildman–Crippen MR) is 106 cm³/mol. The zero-order valence-corrected chi connectivity index (χ0v) is 16.3. The normalized spacial score (nSPS) is 15.7. The first-order valence-electron chi connectivity index (χ1n) is 9.13. The Morgan fingerprint density at radius 1 is 1.15 bits per heavy atom. The van der Waals surface area contributed by atoms with Crippen molar-refractivity contribution in [1.82, 2.24) is 9.88 Å². The van der Waals surface area contributed by atoms with Gasteiger partial charge in [-0.05, 0) is 39.7 Å². The topological polar surface area (TPSA) is 54.6 Å². The molecule has 138 valence electrons. The van der Waals surface area contributed by atoms with E-state index in [0.717, 1.165) is 40.0 Å². The molecule has 1 amide bonds. The van der Waals surface area contributed by atoms with E-state index >= 15 is 0 Å². The van der Waals surface area contributed by atoms with Gasteiger partial charge in [-0.15, -0.1) is 0 Å². The van der Waals surface area contributed by atoms with Crippen molar-refractivity contribution in [3.05, 3.63) is 57.7 Å². The quantitative estimate of drug-likeness (QED) is 0.677. The van der Waals surface area contributed by atoms with Crippen LogP contribution < -0.4 is 9.47 Å². The number of carbonyl (C=O) groups excluding carboxylic acids is 1. The summed E-state index contributed by atoms with van der Waals surface area (Å²) in [6, 6.07) is 12.0. The average Bonchev–Trinajstić information content (AvgIpc) is 3.07. The third kappa shape index (κ3) is 2.98. The Bertz CT molecular complexity index is 1040. The highest BCUT2D eigenvalue weighted by Crippen LogP contribution is 2.33. The number of hydrogen-bond acceptors (Lipinski definition) is 3. The Morgan fingerprint density at radius 3 is 2.89 bits per heavy atom. The zero-order valence-electron chi connectivity index (χ0n) is 14.8. The smallest absolute Gasteiger partial charge is 0.227 e. The molecular formula is C21H19BrN2O3. The summed E-state index contributed by atoms with van der Waals surface area (Å²) in [5, 5.41) is 1.19. The maximum Gasteiger partial charge on any atom is 0.227 e. The number of aromatic amines is 1. The van der Waals surface area contributed by atoms with Crippen LogP contribution in [0.4, 0.5) is 0 Å². The molecule has 2 aliphatic heterocycles. The number of halogens is 1. The Balaban J connectivity index is 1.36. The van der Waals surface area contributed by atoms with E-state index in [4.69, 9.17) is 9.47 Å². The Morgan fingerprint density at radius 2 is 2.00 bits per heavy atom. The van der Waals surface area contributed by atoms with E-state index in [0.29, 0.717) is 26.2 Å². The van der Waals surface area contributed by atoms with Crippen molar-refractivity contribution in [2.24, 2.45) is 0 Å². The fraction of sp³-hybridized carbons (Fsp3) is 0.286. The Hall–Kier alpha value is -2.47. The zero-order chi connectivity index (χ0) is 18.4. The molecule has 0 fully saturated rings. The number of hydrogen-bond donors (Lipinski definition) is 1. The maximum absolute atomic E-state index is 12.9. The minimum Gasteiger partial charge on any atom is -0.486 e. The van der Waals surface area contributed by atoms with Gasteiger partial charge >= 0.3 is 0 Å². The van der Waals surface area contributed by atoms with Crippen LogP contribution in [0, 0.1) is 0 Å². The molecule has 0 atom stereocenters. The molecule has 0 unspecified atom stereocenters. The van der Waals surface area contributed by atoms with Crippen LogP contribution in [0.25, 0.3) is 10.9 Å². The summed E-state index contributed by atoms with van der Waals surface area (Å²) in [7, 11) is 0. The molecular weight excluding hydrogens is 408 g/mol. The number of carbonyl (C=O) groups is 1. The molecule has 5 nitrogen and oxygen atoms in total. The lowest BCUT2D eigenvalue weighted by molar-refractivity contribution is -0.131. The summed E-state index contributed by atoms with van der Waals surface area (Å²) < 4.78 is 12.2. The number of benzene rings is 2. The number of amides is 1. The van der Waals surface area contributed by atoms with Gasteiger partial charge in [0.05, 0.1) is 11.9 Å². The first-order valence-corrected chi connectivity index (χ1v) is 9.92. The minimum atomic E-state index is 0.140. The second-order valence-corrected chi connectivity index (χ2v) is 7.82. The summed E-state index contributed by atoms with van der Waals surface area (Å²) in [4.78, 5) is 18.4. The number of fused-ring (bicyclic) bond motifs is 4. The number of para-hydroxylation sites is 1. The van der Waals surface area contributed by atoms with Crippen molar-refractivity contribution in [1.29, 1.82) is 0 Å². The van der Waals surface area contributed by atoms with Crippen LogP contribution in [0.2, 0.25) is 0 Å². The largest absolute Gasteiger partial charge is 0.486 e. The van der Waals surface area contributed by atoms with Gasteiger partial charge < -0.3 is 19.4 Å². The second kappa shape index (κ2) is 6.60. The summed E-state index contributed by atoms with van der Waals surface area (Å²) in [6.45, 7) is 2.51. The number of H-pyrrole nitrogens is 1. The molecule has 5 rings (SSSR count). The maximum atomic E-state index is 12.9. The van der Waals surface area contributed by atoms with E-state index in [9.17, 15) is 4.79 Å². The van der Waals surface area contributed by atoms with Gasteiger partial charge in [-0.1, -0.05) is 18.2 Å². The van der Waals surface area contributed by atoms with Crippen LogP contribution in [0.15, 0.2) is 40.9 Å². The molecule has 0 aliphatic carbocycles. The van der Waals surface area contributed by atoms with Crippen LogP contribution in [0.1, 0.15) is 16.8 Å². The molecule has 0 saturated heterocycles. The van der Waals surface area contributed by atoms with E-state index in [-0.39, 0.29) is 5.91 Å². The molecule has 6 heteroatoms. The van der Waals surface area contributed by atoms with Crippen LogP contribution in [-0.2, 0) is 24.2 Å². The van der Waals surface area contributed by atoms with E-state index in [1.807, 2.05) is 35.2 Å². The second-order valence-electron chi connectivity index (χ2n) is 6.96. The van der Waals surface area contributed by atoms with Gasteiger partial charge in [0, 0.05) is 40.6 Å². The van der Waals surface area contributed by atoms with Crippen molar-refractivity contribution >= 4 is 32.7 Å². The van der Waals surface area contributed by atoms with Gasteiger partial charge in [0.25, 0.3) is 0 Å². The average molecular weight is 427 g/mol. The standard InChI is InChI=1S/C21H19BrN2O3/c22-16-3-1-2-14-15-12-24(7-6-17(15)23-21(14)16)20(25)11-13-4-5-18-19(10-13)27-9-8-26-18/h1-5,10,23H,6-9,11-12H2. The molecule has 3 aromatic rings. The molecule has 0 spiro atoms. The van der Waals surface area contributed by atoms with Crippen molar-refractivity contribution in [2.75, 3.05) is 19.8 Å². The van der Waals surface area contributed by atoms with Gasteiger partial charge in [-0.3, -0.25) is 4.79 Å². The lowest BCUT2D eigenvalue weighted by atomic mass is 10.0. The first kappa shape index (κ1) is 16.7. The third-order valence-electron chi connectivity index (χ3n) is 5.27. The van der Waals surface area contributed by atoms with E-state index < -0.39 is 0 Å². The van der Waals surface area contributed by atoms with Crippen molar-refractivity contribution in [3.63, 3.8) is 0 Å². The highest BCUT2D eigenvalue weighted by Gasteiger charge is 2.25. The van der Waals surface area contributed by atoms with E-state index in [2.05, 4.69) is 27.0 Å². The molecule has 1 aromatic heterocycles. The summed E-state index contributed by atoms with van der Waals surface area (Å²) in [5.41, 5.74) is 4.54. The summed E-state index contributed by atoms with van der Waals surface area (Å²) in [5.74, 6) is 1.63. The Labute approximate surface area is 165 Å². The SMILES string of the molecule is O=C(Cc1ccc2c(c1)OCCO2)N1CCc2[nH]c3c(Br)cccc3c2C1. The molecule has 27 heavy (non-hydrogen) atoms. The van der Waals surface area contributed by atoms with Crippen LogP contribution in [-0.4, -0.2) is 35.5 Å². The van der Waals surface area contributed by atoms with Crippen LogP contribution >= 0.6 is 15.9 Å². The van der Waals surface area contributed by atoms with Gasteiger partial charge in [0.1, 0.15) is 13.2 Å². The molecule has 1 N–H and O–H groups in total. The van der Waals surface area contributed by atoms with Crippen molar-refractivity contribution in [3.8, 4) is 11.5 Å². The monoisotopic (exact) mass is 426 g/mol. The third-order valence-corrected chi connectivity index (χ3v) is 5.94. The highest BCUT2D eigenvalue weighted by molar-refractivity contribution is 9.10. The molecule has 0 radical (unpaired) electrons. The van der Waals surface area contributed by atoms with Gasteiger partial charge in [-0.2, -0.15) is 0 Å². The van der Waals surface area contributed by atoms with Crippen molar-refractivity contribution < 1.29 is 14.3 Å². The lowest BCUT2D eigenvalue weighted by Gasteiger charge is -2.27. The van der Waals surface area contributed by atoms with Crippen molar-refractivity contribution in [2.45, 2.75) is 19.4 Å². The van der Waals surface area contributed by atoms with Gasteiger partial charge in [0.15, 0.2) is 11.5 Å². The molecule has 0 bridgehead atoms. The van der Waals surface area contributed by atoms with Gasteiger partial charge in [-0.25, -0.2) is 0 Å². The summed E-state index contributed by atoms with van der Waals surface area (Å²) >= 11 is 3.61. The number of ether oxygens (including phenoxy) is 2.